The largest absolute Gasteiger partial charge is 0.456 e. The fourth-order valence-corrected chi connectivity index (χ4v) is 2.29. The predicted octanol–water partition coefficient (Wildman–Crippen LogP) is 0.918. The standard InChI is InChI=1S/C15H12N2O4/c1-17-7-11(10-4-2-3-5-12(10)17)14(19)15(20)16-9-6-13(18)21-8-9/h2-7H,8H2,1H3,(H,16,20). The summed E-state index contributed by atoms with van der Waals surface area (Å²) in [5, 5.41) is 3.11. The topological polar surface area (TPSA) is 77.4 Å². The fourth-order valence-electron chi connectivity index (χ4n) is 2.29. The molecule has 0 atom stereocenters. The summed E-state index contributed by atoms with van der Waals surface area (Å²) in [4.78, 5) is 35.2. The first-order valence-electron chi connectivity index (χ1n) is 6.33. The Kier molecular flexibility index (Phi) is 3.06. The third-order valence-electron chi connectivity index (χ3n) is 3.28. The normalized spacial score (nSPS) is 14.0. The molecule has 0 fully saturated rings. The van der Waals surface area contributed by atoms with E-state index in [1.165, 1.54) is 0 Å². The number of hydrogen-bond acceptors (Lipinski definition) is 4. The molecule has 1 aliphatic heterocycles. The number of amides is 1. The van der Waals surface area contributed by atoms with Gasteiger partial charge in [0.25, 0.3) is 11.7 Å². The molecule has 106 valence electrons. The number of Topliss-reactive ketones (excluding diaryl/α,β-unsaturated/α-hetero) is 1. The highest BCUT2D eigenvalue weighted by Gasteiger charge is 2.23. The average Bonchev–Trinajstić information content (AvgIpc) is 3.03. The molecule has 0 spiro atoms. The van der Waals surface area contributed by atoms with E-state index in [4.69, 9.17) is 0 Å². The van der Waals surface area contributed by atoms with Crippen LogP contribution < -0.4 is 5.32 Å². The Morgan fingerprint density at radius 3 is 2.76 bits per heavy atom. The van der Waals surface area contributed by atoms with Gasteiger partial charge in [0, 0.05) is 30.2 Å². The van der Waals surface area contributed by atoms with Gasteiger partial charge < -0.3 is 14.6 Å². The molecule has 0 radical (unpaired) electrons. The Bertz CT molecular complexity index is 801. The monoisotopic (exact) mass is 284 g/mol. The van der Waals surface area contributed by atoms with Gasteiger partial charge in [-0.2, -0.15) is 0 Å². The van der Waals surface area contributed by atoms with Crippen LogP contribution in [-0.4, -0.2) is 28.8 Å². The highest BCUT2D eigenvalue weighted by atomic mass is 16.5. The maximum atomic E-state index is 12.3. The van der Waals surface area contributed by atoms with E-state index >= 15 is 0 Å². The van der Waals surface area contributed by atoms with E-state index in [2.05, 4.69) is 10.1 Å². The number of hydrogen-bond donors (Lipinski definition) is 1. The van der Waals surface area contributed by atoms with Crippen LogP contribution in [0.25, 0.3) is 10.9 Å². The van der Waals surface area contributed by atoms with Crippen molar-refractivity contribution in [1.29, 1.82) is 0 Å². The maximum absolute atomic E-state index is 12.3. The Hall–Kier alpha value is -2.89. The number of aryl methyl sites for hydroxylation is 1. The Morgan fingerprint density at radius 1 is 1.29 bits per heavy atom. The van der Waals surface area contributed by atoms with Crippen LogP contribution in [0.15, 0.2) is 42.2 Å². The highest BCUT2D eigenvalue weighted by Crippen LogP contribution is 2.20. The van der Waals surface area contributed by atoms with Gasteiger partial charge in [0.05, 0.1) is 11.3 Å². The molecular weight excluding hydrogens is 272 g/mol. The van der Waals surface area contributed by atoms with Gasteiger partial charge in [-0.05, 0) is 6.07 Å². The molecule has 0 unspecified atom stereocenters. The summed E-state index contributed by atoms with van der Waals surface area (Å²) in [5.41, 5.74) is 1.49. The lowest BCUT2D eigenvalue weighted by molar-refractivity contribution is -0.135. The van der Waals surface area contributed by atoms with E-state index in [0.29, 0.717) is 16.6 Å². The van der Waals surface area contributed by atoms with Crippen molar-refractivity contribution in [2.45, 2.75) is 0 Å². The number of ketones is 1. The van der Waals surface area contributed by atoms with Gasteiger partial charge in [-0.3, -0.25) is 9.59 Å². The minimum atomic E-state index is -0.782. The lowest BCUT2D eigenvalue weighted by atomic mass is 10.1. The number of fused-ring (bicyclic) bond motifs is 1. The molecule has 1 N–H and O–H groups in total. The van der Waals surface area contributed by atoms with E-state index in [0.717, 1.165) is 11.6 Å². The molecule has 0 aliphatic carbocycles. The molecule has 2 heterocycles. The van der Waals surface area contributed by atoms with Crippen molar-refractivity contribution < 1.29 is 19.1 Å². The predicted molar refractivity (Wildman–Crippen MR) is 74.4 cm³/mol. The molecule has 1 amide bonds. The summed E-state index contributed by atoms with van der Waals surface area (Å²) in [7, 11) is 1.81. The van der Waals surface area contributed by atoms with Crippen LogP contribution in [0.2, 0.25) is 0 Å². The van der Waals surface area contributed by atoms with Crippen molar-refractivity contribution >= 4 is 28.6 Å². The van der Waals surface area contributed by atoms with Crippen LogP contribution in [0.4, 0.5) is 0 Å². The zero-order valence-electron chi connectivity index (χ0n) is 11.3. The number of aromatic nitrogens is 1. The number of carbonyl (C=O) groups is 3. The molecule has 0 saturated carbocycles. The van der Waals surface area contributed by atoms with Crippen molar-refractivity contribution in [3.05, 3.63) is 47.8 Å². The van der Waals surface area contributed by atoms with Crippen LogP contribution in [-0.2, 0) is 21.4 Å². The quantitative estimate of drug-likeness (QED) is 0.516. The van der Waals surface area contributed by atoms with E-state index in [9.17, 15) is 14.4 Å². The van der Waals surface area contributed by atoms with Gasteiger partial charge in [-0.1, -0.05) is 18.2 Å². The van der Waals surface area contributed by atoms with Crippen molar-refractivity contribution in [3.8, 4) is 0 Å². The second-order valence-electron chi connectivity index (χ2n) is 4.73. The van der Waals surface area contributed by atoms with Crippen LogP contribution >= 0.6 is 0 Å². The minimum absolute atomic E-state index is 0.0204. The SMILES string of the molecule is Cn1cc(C(=O)C(=O)NC2=CC(=O)OC2)c2ccccc21. The average molecular weight is 284 g/mol. The summed E-state index contributed by atoms with van der Waals surface area (Å²) in [5.74, 6) is -1.95. The van der Waals surface area contributed by atoms with Crippen LogP contribution in [0.3, 0.4) is 0 Å². The first-order chi connectivity index (χ1) is 10.1. The number of para-hydroxylation sites is 1. The number of esters is 1. The van der Waals surface area contributed by atoms with Crippen LogP contribution in [0.5, 0.6) is 0 Å². The molecule has 1 aromatic carbocycles. The van der Waals surface area contributed by atoms with Gasteiger partial charge in [-0.15, -0.1) is 0 Å². The third kappa shape index (κ3) is 2.31. The number of rotatable bonds is 3. The number of ether oxygens (including phenoxy) is 1. The van der Waals surface area contributed by atoms with Crippen molar-refractivity contribution in [2.75, 3.05) is 6.61 Å². The number of nitrogens with one attached hydrogen (secondary N) is 1. The summed E-state index contributed by atoms with van der Waals surface area (Å²) >= 11 is 0. The number of nitrogens with zero attached hydrogens (tertiary/aromatic N) is 1. The number of benzene rings is 1. The van der Waals surface area contributed by atoms with Crippen LogP contribution in [0, 0.1) is 0 Å². The third-order valence-corrected chi connectivity index (χ3v) is 3.28. The Morgan fingerprint density at radius 2 is 2.05 bits per heavy atom. The fraction of sp³-hybridized carbons (Fsp3) is 0.133. The molecule has 3 rings (SSSR count). The molecule has 6 heteroatoms. The molecule has 1 aromatic heterocycles. The highest BCUT2D eigenvalue weighted by molar-refractivity contribution is 6.45. The van der Waals surface area contributed by atoms with Gasteiger partial charge in [0.1, 0.15) is 6.61 Å². The number of carbonyl (C=O) groups excluding carboxylic acids is 3. The van der Waals surface area contributed by atoms with E-state index in [-0.39, 0.29) is 6.61 Å². The second-order valence-corrected chi connectivity index (χ2v) is 4.73. The summed E-state index contributed by atoms with van der Waals surface area (Å²) in [6.45, 7) is -0.0204. The first-order valence-corrected chi connectivity index (χ1v) is 6.33. The molecule has 2 aromatic rings. The van der Waals surface area contributed by atoms with Crippen molar-refractivity contribution in [2.24, 2.45) is 7.05 Å². The summed E-state index contributed by atoms with van der Waals surface area (Å²) in [6.07, 6.45) is 2.78. The van der Waals surface area contributed by atoms with Gasteiger partial charge >= 0.3 is 5.97 Å². The molecule has 21 heavy (non-hydrogen) atoms. The van der Waals surface area contributed by atoms with Gasteiger partial charge in [-0.25, -0.2) is 4.79 Å². The smallest absolute Gasteiger partial charge is 0.333 e. The molecule has 6 nitrogen and oxygen atoms in total. The molecule has 0 bridgehead atoms. The second kappa shape index (κ2) is 4.90. The molecule has 0 saturated heterocycles. The van der Waals surface area contributed by atoms with E-state index in [1.54, 1.807) is 16.8 Å². The molecule has 1 aliphatic rings. The first kappa shape index (κ1) is 13.1. The Balaban J connectivity index is 1.88. The maximum Gasteiger partial charge on any atom is 0.333 e. The van der Waals surface area contributed by atoms with Crippen molar-refractivity contribution in [3.63, 3.8) is 0 Å². The van der Waals surface area contributed by atoms with Crippen LogP contribution in [0.1, 0.15) is 10.4 Å². The zero-order valence-corrected chi connectivity index (χ0v) is 11.3. The Labute approximate surface area is 120 Å². The van der Waals surface area contributed by atoms with E-state index in [1.807, 2.05) is 25.2 Å². The summed E-state index contributed by atoms with van der Waals surface area (Å²) in [6, 6.07) is 7.33. The zero-order chi connectivity index (χ0) is 15.0. The minimum Gasteiger partial charge on any atom is -0.456 e. The number of cyclic esters (lactones) is 1. The lowest BCUT2D eigenvalue weighted by Gasteiger charge is -2.03. The molecular formula is C15H12N2O4. The van der Waals surface area contributed by atoms with Gasteiger partial charge in [0.15, 0.2) is 0 Å². The van der Waals surface area contributed by atoms with E-state index < -0.39 is 17.7 Å². The van der Waals surface area contributed by atoms with Crippen molar-refractivity contribution in [1.82, 2.24) is 9.88 Å². The summed E-state index contributed by atoms with van der Waals surface area (Å²) < 4.78 is 6.45. The lowest BCUT2D eigenvalue weighted by Crippen LogP contribution is -2.31. The van der Waals surface area contributed by atoms with Gasteiger partial charge in [0.2, 0.25) is 0 Å².